The van der Waals surface area contributed by atoms with E-state index in [1.165, 1.54) is 10.6 Å². The van der Waals surface area contributed by atoms with Gasteiger partial charge in [0.15, 0.2) is 0 Å². The maximum absolute atomic E-state index is 13.5. The molecule has 0 unspecified atom stereocenters. The molecular formula is C26H29N3O5S. The number of piperazine rings is 1. The second kappa shape index (κ2) is 9.22. The largest absolute Gasteiger partial charge is 0.423 e. The number of carbonyl (C=O) groups excluding carboxylic acids is 1. The van der Waals surface area contributed by atoms with Crippen molar-refractivity contribution in [1.82, 2.24) is 14.1 Å². The average molecular weight is 496 g/mol. The Labute approximate surface area is 204 Å². The van der Waals surface area contributed by atoms with Gasteiger partial charge in [0, 0.05) is 50.7 Å². The van der Waals surface area contributed by atoms with E-state index in [0.717, 1.165) is 27.6 Å². The number of amides is 1. The van der Waals surface area contributed by atoms with Gasteiger partial charge in [0.25, 0.3) is 0 Å². The number of hydrogen-bond donors (Lipinski definition) is 0. The van der Waals surface area contributed by atoms with E-state index in [1.807, 2.05) is 49.4 Å². The Kier molecular flexibility index (Phi) is 6.25. The zero-order valence-electron chi connectivity index (χ0n) is 19.9. The van der Waals surface area contributed by atoms with Crippen LogP contribution in [-0.2, 0) is 34.3 Å². The smallest absolute Gasteiger partial charge is 0.336 e. The lowest BCUT2D eigenvalue weighted by Gasteiger charge is -2.40. The minimum absolute atomic E-state index is 0.147. The molecule has 35 heavy (non-hydrogen) atoms. The molecule has 0 aliphatic carbocycles. The number of sulfonamides is 1. The minimum Gasteiger partial charge on any atom is -0.423 e. The van der Waals surface area contributed by atoms with Crippen molar-refractivity contribution < 1.29 is 17.6 Å². The van der Waals surface area contributed by atoms with Crippen LogP contribution in [0, 0.1) is 6.92 Å². The van der Waals surface area contributed by atoms with Crippen LogP contribution in [0.3, 0.4) is 0 Å². The van der Waals surface area contributed by atoms with Gasteiger partial charge in [-0.3, -0.25) is 9.69 Å². The van der Waals surface area contributed by atoms with Gasteiger partial charge in [0.05, 0.1) is 6.26 Å². The van der Waals surface area contributed by atoms with E-state index in [0.29, 0.717) is 44.7 Å². The van der Waals surface area contributed by atoms with Gasteiger partial charge >= 0.3 is 5.63 Å². The van der Waals surface area contributed by atoms with Crippen molar-refractivity contribution in [1.29, 1.82) is 0 Å². The predicted octanol–water partition coefficient (Wildman–Crippen LogP) is 2.13. The molecule has 0 saturated carbocycles. The molecule has 1 fully saturated rings. The Hall–Kier alpha value is -3.01. The zero-order chi connectivity index (χ0) is 24.7. The van der Waals surface area contributed by atoms with Gasteiger partial charge < -0.3 is 9.32 Å². The third-order valence-electron chi connectivity index (χ3n) is 6.98. The molecule has 5 rings (SSSR count). The Bertz CT molecular complexity index is 1440. The van der Waals surface area contributed by atoms with Crippen molar-refractivity contribution in [3.63, 3.8) is 0 Å². The molecule has 3 aromatic rings. The highest BCUT2D eigenvalue weighted by Gasteiger charge is 2.39. The molecule has 1 amide bonds. The number of nitrogens with zero attached hydrogens (tertiary/aromatic N) is 3. The van der Waals surface area contributed by atoms with Crippen molar-refractivity contribution in [2.75, 3.05) is 32.4 Å². The highest BCUT2D eigenvalue weighted by atomic mass is 32.2. The van der Waals surface area contributed by atoms with E-state index in [2.05, 4.69) is 4.90 Å². The number of fused-ring (bicyclic) bond motifs is 2. The molecule has 2 aliphatic rings. The van der Waals surface area contributed by atoms with Crippen molar-refractivity contribution >= 4 is 26.9 Å². The second-order valence-corrected chi connectivity index (χ2v) is 11.4. The molecule has 9 heteroatoms. The van der Waals surface area contributed by atoms with Crippen molar-refractivity contribution in [2.45, 2.75) is 32.5 Å². The molecule has 184 valence electrons. The number of rotatable bonds is 4. The van der Waals surface area contributed by atoms with E-state index in [9.17, 15) is 18.0 Å². The number of benzene rings is 2. The lowest BCUT2D eigenvalue weighted by Crippen LogP contribution is -2.57. The van der Waals surface area contributed by atoms with Crippen LogP contribution < -0.4 is 5.63 Å². The molecule has 1 saturated heterocycles. The summed E-state index contributed by atoms with van der Waals surface area (Å²) in [6.07, 6.45) is 1.55. The summed E-state index contributed by atoms with van der Waals surface area (Å²) < 4.78 is 31.7. The first-order valence-electron chi connectivity index (χ1n) is 11.8. The van der Waals surface area contributed by atoms with Gasteiger partial charge in [-0.1, -0.05) is 36.4 Å². The molecular weight excluding hydrogens is 466 g/mol. The van der Waals surface area contributed by atoms with Gasteiger partial charge in [-0.25, -0.2) is 13.2 Å². The van der Waals surface area contributed by atoms with E-state index in [1.54, 1.807) is 11.0 Å². The monoisotopic (exact) mass is 495 g/mol. The first-order chi connectivity index (χ1) is 16.7. The van der Waals surface area contributed by atoms with Crippen LogP contribution in [0.1, 0.15) is 22.3 Å². The Balaban J connectivity index is 1.29. The standard InChI is InChI=1S/C26H29N3O5S/c1-18-7-8-22-21(15-25(30)34-24(22)13-18)16-27-9-11-28(12-10-27)26(31)23-14-19-5-3-4-6-20(19)17-29(23)35(2,32)33/h3-8,13,15,23H,9-12,14,16-17H2,1-2H3/t23-/m0/s1. The van der Waals surface area contributed by atoms with E-state index >= 15 is 0 Å². The molecule has 0 bridgehead atoms. The van der Waals surface area contributed by atoms with Gasteiger partial charge in [0.1, 0.15) is 11.6 Å². The second-order valence-electron chi connectivity index (χ2n) is 9.49. The lowest BCUT2D eigenvalue weighted by molar-refractivity contribution is -0.137. The van der Waals surface area contributed by atoms with Gasteiger partial charge in [-0.15, -0.1) is 0 Å². The fourth-order valence-corrected chi connectivity index (χ4v) is 6.10. The summed E-state index contributed by atoms with van der Waals surface area (Å²) in [5.74, 6) is -0.147. The van der Waals surface area contributed by atoms with Crippen molar-refractivity contribution in [3.05, 3.63) is 81.2 Å². The van der Waals surface area contributed by atoms with Crippen LogP contribution in [0.4, 0.5) is 0 Å². The molecule has 2 aromatic carbocycles. The normalized spacial score (nSPS) is 19.6. The number of aryl methyl sites for hydroxylation is 1. The molecule has 1 atom stereocenters. The fourth-order valence-electron chi connectivity index (χ4n) is 5.10. The summed E-state index contributed by atoms with van der Waals surface area (Å²) in [7, 11) is -3.54. The predicted molar refractivity (Wildman–Crippen MR) is 133 cm³/mol. The van der Waals surface area contributed by atoms with E-state index < -0.39 is 16.1 Å². The maximum atomic E-state index is 13.5. The summed E-state index contributed by atoms with van der Waals surface area (Å²) in [5, 5.41) is 0.915. The van der Waals surface area contributed by atoms with Gasteiger partial charge in [-0.05, 0) is 41.7 Å². The van der Waals surface area contributed by atoms with Crippen LogP contribution in [0.15, 0.2) is 57.7 Å². The number of carbonyl (C=O) groups is 1. The van der Waals surface area contributed by atoms with Crippen LogP contribution in [0.5, 0.6) is 0 Å². The third kappa shape index (κ3) is 4.89. The molecule has 8 nitrogen and oxygen atoms in total. The lowest BCUT2D eigenvalue weighted by atomic mass is 9.95. The summed E-state index contributed by atoms with van der Waals surface area (Å²) in [6.45, 7) is 5.05. The van der Waals surface area contributed by atoms with Crippen molar-refractivity contribution in [2.24, 2.45) is 0 Å². The Morgan fingerprint density at radius 2 is 1.74 bits per heavy atom. The molecule has 2 aliphatic heterocycles. The van der Waals surface area contributed by atoms with Gasteiger partial charge in [0.2, 0.25) is 15.9 Å². The van der Waals surface area contributed by atoms with E-state index in [4.69, 9.17) is 4.42 Å². The summed E-state index contributed by atoms with van der Waals surface area (Å²) in [4.78, 5) is 29.5. The summed E-state index contributed by atoms with van der Waals surface area (Å²) >= 11 is 0. The first kappa shape index (κ1) is 23.7. The van der Waals surface area contributed by atoms with Crippen molar-refractivity contribution in [3.8, 4) is 0 Å². The van der Waals surface area contributed by atoms with Crippen LogP contribution >= 0.6 is 0 Å². The molecule has 0 spiro atoms. The van der Waals surface area contributed by atoms with Crippen LogP contribution in [0.25, 0.3) is 11.0 Å². The summed E-state index contributed by atoms with van der Waals surface area (Å²) in [5.41, 5.74) is 4.11. The average Bonchev–Trinajstić information content (AvgIpc) is 2.82. The topological polar surface area (TPSA) is 91.1 Å². The summed E-state index contributed by atoms with van der Waals surface area (Å²) in [6, 6.07) is 14.4. The third-order valence-corrected chi connectivity index (χ3v) is 8.22. The molecule has 0 N–H and O–H groups in total. The zero-order valence-corrected chi connectivity index (χ0v) is 20.8. The van der Waals surface area contributed by atoms with Crippen LogP contribution in [0.2, 0.25) is 0 Å². The first-order valence-corrected chi connectivity index (χ1v) is 13.6. The van der Waals surface area contributed by atoms with Gasteiger partial charge in [-0.2, -0.15) is 4.31 Å². The quantitative estimate of drug-likeness (QED) is 0.515. The highest BCUT2D eigenvalue weighted by molar-refractivity contribution is 7.88. The van der Waals surface area contributed by atoms with Crippen LogP contribution in [-0.4, -0.2) is 66.9 Å². The molecule has 3 heterocycles. The highest BCUT2D eigenvalue weighted by Crippen LogP contribution is 2.27. The Morgan fingerprint density at radius 3 is 2.46 bits per heavy atom. The molecule has 1 aromatic heterocycles. The fraction of sp³-hybridized carbons (Fsp3) is 0.385. The van der Waals surface area contributed by atoms with E-state index in [-0.39, 0.29) is 18.1 Å². The maximum Gasteiger partial charge on any atom is 0.336 e. The molecule has 0 radical (unpaired) electrons. The SMILES string of the molecule is Cc1ccc2c(CN3CCN(C(=O)[C@@H]4Cc5ccccc5CN4S(C)(=O)=O)CC3)cc(=O)oc2c1. The minimum atomic E-state index is -3.54. The Morgan fingerprint density at radius 1 is 1.03 bits per heavy atom. The number of hydrogen-bond acceptors (Lipinski definition) is 6.